The van der Waals surface area contributed by atoms with Crippen molar-refractivity contribution < 1.29 is 14.4 Å². The van der Waals surface area contributed by atoms with Crippen LogP contribution in [0.4, 0.5) is 10.5 Å². The van der Waals surface area contributed by atoms with E-state index in [9.17, 15) is 14.4 Å². The van der Waals surface area contributed by atoms with E-state index in [4.69, 9.17) is 0 Å². The van der Waals surface area contributed by atoms with Gasteiger partial charge in [0, 0.05) is 25.0 Å². The lowest BCUT2D eigenvalue weighted by Gasteiger charge is -2.26. The molecule has 1 aliphatic rings. The number of hydrogen-bond acceptors (Lipinski definition) is 3. The number of carbonyl (C=O) groups is 3. The fourth-order valence-corrected chi connectivity index (χ4v) is 4.47. The molecule has 0 saturated carbocycles. The van der Waals surface area contributed by atoms with Crippen molar-refractivity contribution in [3.8, 4) is 0 Å². The monoisotopic (exact) mass is 463 g/mol. The number of anilines is 1. The fourth-order valence-electron chi connectivity index (χ4n) is 4.47. The number of rotatable bonds is 7. The summed E-state index contributed by atoms with van der Waals surface area (Å²) in [5.74, 6) is -0.652. The van der Waals surface area contributed by atoms with E-state index in [0.29, 0.717) is 24.1 Å². The summed E-state index contributed by atoms with van der Waals surface area (Å²) < 4.78 is 0. The van der Waals surface area contributed by atoms with Crippen LogP contribution in [0.2, 0.25) is 0 Å². The summed E-state index contributed by atoms with van der Waals surface area (Å²) in [6, 6.07) is 30.1. The lowest BCUT2D eigenvalue weighted by atomic mass is 10.1. The number of nitrogens with one attached hydrogen (secondary N) is 1. The number of imide groups is 1. The van der Waals surface area contributed by atoms with Gasteiger partial charge in [0.05, 0.1) is 16.8 Å². The fraction of sp³-hybridized carbons (Fsp3) is 0.138. The Morgan fingerprint density at radius 3 is 2.11 bits per heavy atom. The summed E-state index contributed by atoms with van der Waals surface area (Å²) in [5.41, 5.74) is 2.68. The summed E-state index contributed by atoms with van der Waals surface area (Å²) in [5, 5.41) is 4.94. The molecule has 0 unspecified atom stereocenters. The van der Waals surface area contributed by atoms with Crippen LogP contribution in [0.15, 0.2) is 97.1 Å². The molecule has 1 heterocycles. The minimum absolute atomic E-state index is 0.0989. The van der Waals surface area contributed by atoms with Crippen LogP contribution in [0.25, 0.3) is 10.8 Å². The summed E-state index contributed by atoms with van der Waals surface area (Å²) in [4.78, 5) is 41.9. The van der Waals surface area contributed by atoms with E-state index in [1.54, 1.807) is 29.2 Å². The van der Waals surface area contributed by atoms with Gasteiger partial charge in [-0.1, -0.05) is 78.9 Å². The van der Waals surface area contributed by atoms with Crippen LogP contribution >= 0.6 is 0 Å². The molecule has 6 nitrogen and oxygen atoms in total. The van der Waals surface area contributed by atoms with Gasteiger partial charge in [0.25, 0.3) is 11.8 Å². The van der Waals surface area contributed by atoms with Gasteiger partial charge in [-0.3, -0.25) is 19.4 Å². The molecule has 0 saturated heterocycles. The Morgan fingerprint density at radius 2 is 1.37 bits per heavy atom. The van der Waals surface area contributed by atoms with E-state index in [-0.39, 0.29) is 30.9 Å². The zero-order valence-corrected chi connectivity index (χ0v) is 19.2. The molecule has 0 aromatic heterocycles. The van der Waals surface area contributed by atoms with Gasteiger partial charge < -0.3 is 5.32 Å². The third-order valence-electron chi connectivity index (χ3n) is 6.26. The number of amides is 4. The Morgan fingerprint density at radius 1 is 0.743 bits per heavy atom. The van der Waals surface area contributed by atoms with Gasteiger partial charge in [-0.25, -0.2) is 4.79 Å². The molecule has 0 atom stereocenters. The highest BCUT2D eigenvalue weighted by molar-refractivity contribution is 6.21. The predicted octanol–water partition coefficient (Wildman–Crippen LogP) is 4.89. The molecule has 5 rings (SSSR count). The van der Waals surface area contributed by atoms with E-state index in [1.807, 2.05) is 72.8 Å². The van der Waals surface area contributed by atoms with E-state index in [0.717, 1.165) is 22.0 Å². The maximum absolute atomic E-state index is 13.4. The van der Waals surface area contributed by atoms with Gasteiger partial charge in [0.1, 0.15) is 0 Å². The Labute approximate surface area is 203 Å². The molecule has 0 fully saturated rings. The summed E-state index contributed by atoms with van der Waals surface area (Å²) in [6.45, 7) is 0.745. The summed E-state index contributed by atoms with van der Waals surface area (Å²) in [7, 11) is 0. The van der Waals surface area contributed by atoms with Gasteiger partial charge in [-0.05, 0) is 35.6 Å². The standard InChI is InChI=1S/C29H25N3O3/c33-27-24-14-6-7-15-25(24)28(34)32(27)20-19-31(26-16-8-12-22-11-4-5-13-23(22)26)29(35)30-18-17-21-9-2-1-3-10-21/h1-16H,17-20H2,(H,30,35). The minimum Gasteiger partial charge on any atom is -0.337 e. The Bertz CT molecular complexity index is 1360. The summed E-state index contributed by atoms with van der Waals surface area (Å²) >= 11 is 0. The Kier molecular flexibility index (Phi) is 6.26. The largest absolute Gasteiger partial charge is 0.337 e. The second-order valence-corrected chi connectivity index (χ2v) is 8.42. The maximum Gasteiger partial charge on any atom is 0.321 e. The van der Waals surface area contributed by atoms with Crippen LogP contribution in [0.1, 0.15) is 26.3 Å². The molecule has 0 bridgehead atoms. The summed E-state index contributed by atoms with van der Waals surface area (Å²) in [6.07, 6.45) is 0.703. The highest BCUT2D eigenvalue weighted by Crippen LogP contribution is 2.28. The topological polar surface area (TPSA) is 69.7 Å². The lowest BCUT2D eigenvalue weighted by Crippen LogP contribution is -2.46. The van der Waals surface area contributed by atoms with Gasteiger partial charge in [-0.15, -0.1) is 0 Å². The van der Waals surface area contributed by atoms with Crippen molar-refractivity contribution in [3.05, 3.63) is 114 Å². The number of benzene rings is 4. The number of hydrogen-bond donors (Lipinski definition) is 1. The number of carbonyl (C=O) groups excluding carboxylic acids is 3. The second-order valence-electron chi connectivity index (χ2n) is 8.42. The normalized spacial score (nSPS) is 12.6. The van der Waals surface area contributed by atoms with Crippen molar-refractivity contribution in [2.45, 2.75) is 6.42 Å². The van der Waals surface area contributed by atoms with E-state index < -0.39 is 0 Å². The molecule has 4 amide bonds. The first kappa shape index (κ1) is 22.3. The molecule has 1 N–H and O–H groups in total. The first-order valence-electron chi connectivity index (χ1n) is 11.7. The minimum atomic E-state index is -0.326. The zero-order chi connectivity index (χ0) is 24.2. The molecule has 0 aliphatic carbocycles. The molecule has 6 heteroatoms. The first-order chi connectivity index (χ1) is 17.1. The van der Waals surface area contributed by atoms with Crippen molar-refractivity contribution in [1.82, 2.24) is 10.2 Å². The third-order valence-corrected chi connectivity index (χ3v) is 6.26. The molecule has 0 spiro atoms. The molecule has 1 aliphatic heterocycles. The van der Waals surface area contributed by atoms with Crippen molar-refractivity contribution in [1.29, 1.82) is 0 Å². The smallest absolute Gasteiger partial charge is 0.321 e. The van der Waals surface area contributed by atoms with Crippen molar-refractivity contribution in [2.75, 3.05) is 24.5 Å². The molecule has 0 radical (unpaired) electrons. The van der Waals surface area contributed by atoms with E-state index in [2.05, 4.69) is 5.32 Å². The first-order valence-corrected chi connectivity index (χ1v) is 11.7. The highest BCUT2D eigenvalue weighted by Gasteiger charge is 2.35. The quantitative estimate of drug-likeness (QED) is 0.397. The number of fused-ring (bicyclic) bond motifs is 2. The van der Waals surface area contributed by atoms with Crippen LogP contribution in [-0.4, -0.2) is 42.4 Å². The highest BCUT2D eigenvalue weighted by atomic mass is 16.2. The molecule has 174 valence electrons. The maximum atomic E-state index is 13.4. The van der Waals surface area contributed by atoms with Gasteiger partial charge in [0.2, 0.25) is 0 Å². The second kappa shape index (κ2) is 9.81. The van der Waals surface area contributed by atoms with Crippen LogP contribution in [-0.2, 0) is 6.42 Å². The van der Waals surface area contributed by atoms with Crippen molar-refractivity contribution in [3.63, 3.8) is 0 Å². The van der Waals surface area contributed by atoms with Crippen LogP contribution < -0.4 is 10.2 Å². The average Bonchev–Trinajstić information content (AvgIpc) is 3.14. The van der Waals surface area contributed by atoms with Crippen LogP contribution in [0.3, 0.4) is 0 Å². The molecule has 4 aromatic carbocycles. The Hall–Kier alpha value is -4.45. The lowest BCUT2D eigenvalue weighted by molar-refractivity contribution is 0.0658. The number of urea groups is 1. The molecule has 35 heavy (non-hydrogen) atoms. The molecule has 4 aromatic rings. The van der Waals surface area contributed by atoms with Crippen LogP contribution in [0.5, 0.6) is 0 Å². The average molecular weight is 464 g/mol. The van der Waals surface area contributed by atoms with Crippen molar-refractivity contribution >= 4 is 34.3 Å². The SMILES string of the molecule is O=C1c2ccccc2C(=O)N1CCN(C(=O)NCCc1ccccc1)c1cccc2ccccc12. The third kappa shape index (κ3) is 4.51. The van der Waals surface area contributed by atoms with Gasteiger partial charge >= 0.3 is 6.03 Å². The van der Waals surface area contributed by atoms with Crippen LogP contribution in [0, 0.1) is 0 Å². The predicted molar refractivity (Wildman–Crippen MR) is 137 cm³/mol. The van der Waals surface area contributed by atoms with E-state index >= 15 is 0 Å². The van der Waals surface area contributed by atoms with E-state index in [1.165, 1.54) is 4.90 Å². The molecular formula is C29H25N3O3. The van der Waals surface area contributed by atoms with Gasteiger partial charge in [0.15, 0.2) is 0 Å². The van der Waals surface area contributed by atoms with Gasteiger partial charge in [-0.2, -0.15) is 0 Å². The number of nitrogens with zero attached hydrogens (tertiary/aromatic N) is 2. The van der Waals surface area contributed by atoms with Crippen molar-refractivity contribution in [2.24, 2.45) is 0 Å². The Balaban J connectivity index is 1.37. The zero-order valence-electron chi connectivity index (χ0n) is 19.2. The molecular weight excluding hydrogens is 438 g/mol.